The van der Waals surface area contributed by atoms with Crippen LogP contribution in [0.3, 0.4) is 0 Å². The van der Waals surface area contributed by atoms with Crippen LogP contribution in [0.25, 0.3) is 0 Å². The third-order valence-electron chi connectivity index (χ3n) is 2.96. The van der Waals surface area contributed by atoms with E-state index in [-0.39, 0.29) is 0 Å². The van der Waals surface area contributed by atoms with Crippen molar-refractivity contribution in [1.29, 1.82) is 0 Å². The van der Waals surface area contributed by atoms with Crippen molar-refractivity contribution in [1.82, 2.24) is 0 Å². The SMILES string of the molecule is CCCCCCCCCCCCOS(=O)CCCl. The van der Waals surface area contributed by atoms with E-state index in [0.29, 0.717) is 18.2 Å². The molecule has 1 atom stereocenters. The lowest BCUT2D eigenvalue weighted by molar-refractivity contribution is 0.332. The van der Waals surface area contributed by atoms with E-state index < -0.39 is 11.1 Å². The van der Waals surface area contributed by atoms with Gasteiger partial charge in [-0.1, -0.05) is 64.7 Å². The van der Waals surface area contributed by atoms with E-state index in [4.69, 9.17) is 15.8 Å². The van der Waals surface area contributed by atoms with E-state index in [1.54, 1.807) is 0 Å². The van der Waals surface area contributed by atoms with Gasteiger partial charge >= 0.3 is 0 Å². The molecule has 0 aliphatic rings. The van der Waals surface area contributed by atoms with Crippen LogP contribution in [0.5, 0.6) is 0 Å². The van der Waals surface area contributed by atoms with Crippen LogP contribution in [0, 0.1) is 0 Å². The Morgan fingerprint density at radius 1 is 0.889 bits per heavy atom. The Bertz CT molecular complexity index is 189. The molecule has 18 heavy (non-hydrogen) atoms. The van der Waals surface area contributed by atoms with Crippen molar-refractivity contribution in [2.75, 3.05) is 18.2 Å². The van der Waals surface area contributed by atoms with Gasteiger partial charge in [0.25, 0.3) is 0 Å². The molecule has 0 aromatic rings. The van der Waals surface area contributed by atoms with E-state index in [9.17, 15) is 4.21 Å². The van der Waals surface area contributed by atoms with E-state index >= 15 is 0 Å². The predicted octanol–water partition coefficient (Wildman–Crippen LogP) is 4.83. The zero-order valence-corrected chi connectivity index (χ0v) is 13.4. The Balaban J connectivity index is 3.01. The van der Waals surface area contributed by atoms with Crippen LogP contribution in [0.2, 0.25) is 0 Å². The smallest absolute Gasteiger partial charge is 0.156 e. The van der Waals surface area contributed by atoms with Gasteiger partial charge in [0.2, 0.25) is 0 Å². The van der Waals surface area contributed by atoms with Crippen molar-refractivity contribution < 1.29 is 8.39 Å². The summed E-state index contributed by atoms with van der Waals surface area (Å²) in [5.74, 6) is 0.851. The summed E-state index contributed by atoms with van der Waals surface area (Å²) < 4.78 is 16.3. The molecule has 0 saturated heterocycles. The van der Waals surface area contributed by atoms with E-state index in [0.717, 1.165) is 6.42 Å². The van der Waals surface area contributed by atoms with Crippen LogP contribution in [-0.4, -0.2) is 22.4 Å². The number of halogens is 1. The second-order valence-corrected chi connectivity index (χ2v) is 6.33. The minimum absolute atomic E-state index is 0.407. The van der Waals surface area contributed by atoms with Gasteiger partial charge in [0.15, 0.2) is 11.1 Å². The Labute approximate surface area is 120 Å². The number of hydrogen-bond acceptors (Lipinski definition) is 2. The number of rotatable bonds is 14. The lowest BCUT2D eigenvalue weighted by Crippen LogP contribution is -2.04. The molecule has 0 fully saturated rings. The fraction of sp³-hybridized carbons (Fsp3) is 1.00. The minimum atomic E-state index is -1.17. The highest BCUT2D eigenvalue weighted by atomic mass is 35.5. The zero-order chi connectivity index (χ0) is 13.5. The van der Waals surface area contributed by atoms with Crippen LogP contribution in [-0.2, 0) is 15.3 Å². The highest BCUT2D eigenvalue weighted by Gasteiger charge is 1.98. The summed E-state index contributed by atoms with van der Waals surface area (Å²) in [4.78, 5) is 0. The summed E-state index contributed by atoms with van der Waals surface area (Å²) >= 11 is 4.30. The third-order valence-corrected chi connectivity index (χ3v) is 4.34. The molecular formula is C14H29ClO2S. The van der Waals surface area contributed by atoms with Crippen LogP contribution >= 0.6 is 11.6 Å². The molecule has 0 radical (unpaired) electrons. The van der Waals surface area contributed by atoms with Crippen molar-refractivity contribution in [2.24, 2.45) is 0 Å². The molecule has 0 aromatic carbocycles. The molecular weight excluding hydrogens is 268 g/mol. The summed E-state index contributed by atoms with van der Waals surface area (Å²) in [5, 5.41) is 0. The number of unbranched alkanes of at least 4 members (excludes halogenated alkanes) is 9. The first-order valence-corrected chi connectivity index (χ1v) is 9.16. The van der Waals surface area contributed by atoms with Crippen LogP contribution in [0.4, 0.5) is 0 Å². The second-order valence-electron chi connectivity index (χ2n) is 4.70. The number of alkyl halides is 1. The molecule has 4 heteroatoms. The van der Waals surface area contributed by atoms with Gasteiger partial charge in [-0.05, 0) is 6.42 Å². The third kappa shape index (κ3) is 14.5. The second kappa shape index (κ2) is 15.5. The van der Waals surface area contributed by atoms with Gasteiger partial charge in [-0.15, -0.1) is 11.6 Å². The van der Waals surface area contributed by atoms with Crippen molar-refractivity contribution in [3.05, 3.63) is 0 Å². The van der Waals surface area contributed by atoms with Crippen molar-refractivity contribution in [2.45, 2.75) is 71.1 Å². The summed E-state index contributed by atoms with van der Waals surface area (Å²) in [6.07, 6.45) is 13.1. The molecule has 2 nitrogen and oxygen atoms in total. The maximum atomic E-state index is 11.1. The standard InChI is InChI=1S/C14H29ClO2S/c1-2-3-4-5-6-7-8-9-10-11-13-17-18(16)14-12-15/h2-14H2,1H3. The van der Waals surface area contributed by atoms with E-state index in [1.165, 1.54) is 57.8 Å². The van der Waals surface area contributed by atoms with Crippen LogP contribution in [0.15, 0.2) is 0 Å². The van der Waals surface area contributed by atoms with Gasteiger partial charge in [-0.2, -0.15) is 0 Å². The molecule has 0 spiro atoms. The average molecular weight is 297 g/mol. The molecule has 0 N–H and O–H groups in total. The monoisotopic (exact) mass is 296 g/mol. The highest BCUT2D eigenvalue weighted by molar-refractivity contribution is 7.80. The predicted molar refractivity (Wildman–Crippen MR) is 81.5 cm³/mol. The van der Waals surface area contributed by atoms with E-state index in [1.807, 2.05) is 0 Å². The lowest BCUT2D eigenvalue weighted by Gasteiger charge is -2.03. The largest absolute Gasteiger partial charge is 0.291 e. The quantitative estimate of drug-likeness (QED) is 0.339. The molecule has 0 heterocycles. The average Bonchev–Trinajstić information content (AvgIpc) is 2.36. The topological polar surface area (TPSA) is 26.3 Å². The van der Waals surface area contributed by atoms with Crippen LogP contribution < -0.4 is 0 Å². The Kier molecular flexibility index (Phi) is 15.8. The Hall–Kier alpha value is 0.400. The van der Waals surface area contributed by atoms with Gasteiger partial charge < -0.3 is 0 Å². The maximum Gasteiger partial charge on any atom is 0.156 e. The van der Waals surface area contributed by atoms with Gasteiger partial charge in [-0.3, -0.25) is 4.18 Å². The molecule has 0 saturated carbocycles. The van der Waals surface area contributed by atoms with Crippen molar-refractivity contribution >= 4 is 22.7 Å². The van der Waals surface area contributed by atoms with Gasteiger partial charge in [-0.25, -0.2) is 4.21 Å². The molecule has 110 valence electrons. The van der Waals surface area contributed by atoms with Crippen molar-refractivity contribution in [3.8, 4) is 0 Å². The molecule has 0 aliphatic heterocycles. The first-order chi connectivity index (χ1) is 8.81. The molecule has 0 amide bonds. The minimum Gasteiger partial charge on any atom is -0.291 e. The van der Waals surface area contributed by atoms with Gasteiger partial charge in [0.1, 0.15) is 0 Å². The summed E-state index contributed by atoms with van der Waals surface area (Å²) in [5.41, 5.74) is 0. The molecule has 0 aliphatic carbocycles. The summed E-state index contributed by atoms with van der Waals surface area (Å²) in [6, 6.07) is 0. The number of hydrogen-bond donors (Lipinski definition) is 0. The lowest BCUT2D eigenvalue weighted by atomic mass is 10.1. The molecule has 1 unspecified atom stereocenters. The summed E-state index contributed by atoms with van der Waals surface area (Å²) in [7, 11) is 0. The summed E-state index contributed by atoms with van der Waals surface area (Å²) in [6.45, 7) is 2.86. The molecule has 0 bridgehead atoms. The highest BCUT2D eigenvalue weighted by Crippen LogP contribution is 2.10. The fourth-order valence-electron chi connectivity index (χ4n) is 1.86. The maximum absolute atomic E-state index is 11.1. The zero-order valence-electron chi connectivity index (χ0n) is 11.8. The van der Waals surface area contributed by atoms with Gasteiger partial charge in [0.05, 0.1) is 12.4 Å². The van der Waals surface area contributed by atoms with Gasteiger partial charge in [0, 0.05) is 5.88 Å². The first-order valence-electron chi connectivity index (χ1n) is 7.39. The Morgan fingerprint density at radius 3 is 1.89 bits per heavy atom. The van der Waals surface area contributed by atoms with Crippen molar-refractivity contribution in [3.63, 3.8) is 0 Å². The van der Waals surface area contributed by atoms with E-state index in [2.05, 4.69) is 6.92 Å². The van der Waals surface area contributed by atoms with Crippen LogP contribution in [0.1, 0.15) is 71.1 Å². The fourth-order valence-corrected chi connectivity index (χ4v) is 2.79. The Morgan fingerprint density at radius 2 is 1.39 bits per heavy atom. The molecule has 0 aromatic heterocycles. The first kappa shape index (κ1) is 18.4. The molecule has 0 rings (SSSR count). The normalized spacial score (nSPS) is 12.8.